The first-order valence-electron chi connectivity index (χ1n) is 18.4. The summed E-state index contributed by atoms with van der Waals surface area (Å²) in [5.74, 6) is 0. The summed E-state index contributed by atoms with van der Waals surface area (Å²) in [7, 11) is 0. The Balaban J connectivity index is 1.10. The molecular formula is C52H35NS. The lowest BCUT2D eigenvalue weighted by molar-refractivity contribution is 1.28. The van der Waals surface area contributed by atoms with Crippen molar-refractivity contribution in [1.82, 2.24) is 0 Å². The van der Waals surface area contributed by atoms with Gasteiger partial charge < -0.3 is 4.90 Å². The molecular weight excluding hydrogens is 671 g/mol. The average Bonchev–Trinajstić information content (AvgIpc) is 3.63. The van der Waals surface area contributed by atoms with Gasteiger partial charge in [-0.15, -0.1) is 11.3 Å². The van der Waals surface area contributed by atoms with E-state index in [0.29, 0.717) is 0 Å². The maximum Gasteiger partial charge on any atom is 0.0540 e. The molecule has 0 bridgehead atoms. The highest BCUT2D eigenvalue weighted by atomic mass is 32.1. The van der Waals surface area contributed by atoms with Crippen LogP contribution in [0.25, 0.3) is 75.5 Å². The summed E-state index contributed by atoms with van der Waals surface area (Å²) in [4.78, 5) is 2.40. The van der Waals surface area contributed by atoms with Gasteiger partial charge in [-0.25, -0.2) is 0 Å². The molecule has 10 aromatic rings. The maximum atomic E-state index is 2.40. The first-order valence-corrected chi connectivity index (χ1v) is 19.2. The summed E-state index contributed by atoms with van der Waals surface area (Å²) < 4.78 is 2.62. The molecule has 0 spiro atoms. The van der Waals surface area contributed by atoms with E-state index in [-0.39, 0.29) is 0 Å². The van der Waals surface area contributed by atoms with Gasteiger partial charge in [0.15, 0.2) is 0 Å². The molecule has 54 heavy (non-hydrogen) atoms. The number of anilines is 3. The number of benzene rings is 9. The third-order valence-corrected chi connectivity index (χ3v) is 11.6. The lowest BCUT2D eigenvalue weighted by Gasteiger charge is -2.28. The maximum absolute atomic E-state index is 2.40. The van der Waals surface area contributed by atoms with Crippen LogP contribution in [0.5, 0.6) is 0 Å². The van der Waals surface area contributed by atoms with E-state index in [1.165, 1.54) is 75.5 Å². The van der Waals surface area contributed by atoms with Crippen LogP contribution in [0.4, 0.5) is 17.1 Å². The van der Waals surface area contributed by atoms with Crippen LogP contribution in [0.1, 0.15) is 0 Å². The summed E-state index contributed by atoms with van der Waals surface area (Å²) in [5, 5.41) is 5.14. The fraction of sp³-hybridized carbons (Fsp3) is 0. The van der Waals surface area contributed by atoms with Crippen molar-refractivity contribution in [2.45, 2.75) is 0 Å². The summed E-state index contributed by atoms with van der Waals surface area (Å²) in [6.45, 7) is 0. The number of hydrogen-bond donors (Lipinski definition) is 0. The Hall–Kier alpha value is -6.74. The molecule has 2 heteroatoms. The highest BCUT2D eigenvalue weighted by molar-refractivity contribution is 7.25. The van der Waals surface area contributed by atoms with E-state index in [2.05, 4.69) is 217 Å². The van der Waals surface area contributed by atoms with E-state index in [4.69, 9.17) is 0 Å². The van der Waals surface area contributed by atoms with Crippen molar-refractivity contribution >= 4 is 59.3 Å². The SMILES string of the molecule is c1ccc(-c2ccc(N(c3ccc(-c4ccccc4-c4cccc5ccccc45)cc3)c3ccccc3-c3ccc4c(c3)sc3ccccc34)cc2)cc1. The van der Waals surface area contributed by atoms with Gasteiger partial charge in [-0.2, -0.15) is 0 Å². The minimum atomic E-state index is 1.10. The smallest absolute Gasteiger partial charge is 0.0540 e. The van der Waals surface area contributed by atoms with Gasteiger partial charge in [0, 0.05) is 37.1 Å². The Morgan fingerprint density at radius 2 is 0.833 bits per heavy atom. The lowest BCUT2D eigenvalue weighted by atomic mass is 9.91. The molecule has 1 heterocycles. The minimum Gasteiger partial charge on any atom is -0.310 e. The van der Waals surface area contributed by atoms with Crippen LogP contribution in [0.2, 0.25) is 0 Å². The first kappa shape index (κ1) is 32.0. The van der Waals surface area contributed by atoms with Gasteiger partial charge in [-0.3, -0.25) is 0 Å². The molecule has 254 valence electrons. The Kier molecular flexibility index (Phi) is 8.09. The molecule has 0 radical (unpaired) electrons. The van der Waals surface area contributed by atoms with Crippen LogP contribution in [0.3, 0.4) is 0 Å². The molecule has 0 N–H and O–H groups in total. The molecule has 0 fully saturated rings. The third-order valence-electron chi connectivity index (χ3n) is 10.5. The molecule has 0 unspecified atom stereocenters. The van der Waals surface area contributed by atoms with E-state index in [9.17, 15) is 0 Å². The molecule has 0 aliphatic carbocycles. The topological polar surface area (TPSA) is 3.24 Å². The molecule has 1 aromatic heterocycles. The summed E-state index contributed by atoms with van der Waals surface area (Å²) in [6.07, 6.45) is 0. The van der Waals surface area contributed by atoms with Crippen LogP contribution < -0.4 is 4.90 Å². The van der Waals surface area contributed by atoms with Gasteiger partial charge in [0.25, 0.3) is 0 Å². The van der Waals surface area contributed by atoms with E-state index in [0.717, 1.165) is 17.1 Å². The number of para-hydroxylation sites is 1. The molecule has 1 nitrogen and oxygen atoms in total. The Morgan fingerprint density at radius 1 is 0.296 bits per heavy atom. The number of rotatable bonds is 7. The normalized spacial score (nSPS) is 11.3. The van der Waals surface area contributed by atoms with Gasteiger partial charge in [0.1, 0.15) is 0 Å². The van der Waals surface area contributed by atoms with Crippen LogP contribution in [-0.2, 0) is 0 Å². The van der Waals surface area contributed by atoms with E-state index in [1.54, 1.807) is 0 Å². The van der Waals surface area contributed by atoms with Crippen molar-refractivity contribution in [3.05, 3.63) is 212 Å². The predicted molar refractivity (Wildman–Crippen MR) is 233 cm³/mol. The van der Waals surface area contributed by atoms with Crippen LogP contribution in [-0.4, -0.2) is 0 Å². The second-order valence-electron chi connectivity index (χ2n) is 13.7. The highest BCUT2D eigenvalue weighted by Gasteiger charge is 2.19. The number of nitrogens with zero attached hydrogens (tertiary/aromatic N) is 1. The van der Waals surface area contributed by atoms with Gasteiger partial charge >= 0.3 is 0 Å². The Morgan fingerprint density at radius 3 is 1.63 bits per heavy atom. The zero-order valence-corrected chi connectivity index (χ0v) is 30.4. The monoisotopic (exact) mass is 705 g/mol. The largest absolute Gasteiger partial charge is 0.310 e. The van der Waals surface area contributed by atoms with E-state index in [1.807, 2.05) is 11.3 Å². The quantitative estimate of drug-likeness (QED) is 0.160. The van der Waals surface area contributed by atoms with Gasteiger partial charge in [-0.05, 0) is 92.2 Å². The molecule has 0 aliphatic rings. The summed E-state index contributed by atoms with van der Waals surface area (Å²) in [5.41, 5.74) is 13.0. The molecule has 0 aliphatic heterocycles. The number of thiophene rings is 1. The number of hydrogen-bond acceptors (Lipinski definition) is 2. The average molecular weight is 706 g/mol. The van der Waals surface area contributed by atoms with Crippen LogP contribution in [0, 0.1) is 0 Å². The lowest BCUT2D eigenvalue weighted by Crippen LogP contribution is -2.11. The molecule has 0 atom stereocenters. The molecule has 0 amide bonds. The third kappa shape index (κ3) is 5.74. The van der Waals surface area contributed by atoms with Crippen LogP contribution >= 0.6 is 11.3 Å². The summed E-state index contributed by atoms with van der Waals surface area (Å²) in [6, 6.07) is 77.1. The molecule has 0 saturated carbocycles. The van der Waals surface area contributed by atoms with E-state index < -0.39 is 0 Å². The first-order chi connectivity index (χ1) is 26.8. The molecule has 0 saturated heterocycles. The van der Waals surface area contributed by atoms with Gasteiger partial charge in [0.2, 0.25) is 0 Å². The van der Waals surface area contributed by atoms with Gasteiger partial charge in [0.05, 0.1) is 5.69 Å². The second kappa shape index (κ2) is 13.7. The fourth-order valence-electron chi connectivity index (χ4n) is 7.89. The van der Waals surface area contributed by atoms with E-state index >= 15 is 0 Å². The van der Waals surface area contributed by atoms with Crippen molar-refractivity contribution in [2.75, 3.05) is 4.90 Å². The molecule has 10 rings (SSSR count). The van der Waals surface area contributed by atoms with Crippen molar-refractivity contribution in [2.24, 2.45) is 0 Å². The van der Waals surface area contributed by atoms with Crippen molar-refractivity contribution in [1.29, 1.82) is 0 Å². The zero-order chi connectivity index (χ0) is 35.8. The van der Waals surface area contributed by atoms with Crippen molar-refractivity contribution < 1.29 is 0 Å². The van der Waals surface area contributed by atoms with Crippen molar-refractivity contribution in [3.8, 4) is 44.5 Å². The molecule has 9 aromatic carbocycles. The Labute approximate surface area is 319 Å². The zero-order valence-electron chi connectivity index (χ0n) is 29.6. The van der Waals surface area contributed by atoms with Gasteiger partial charge in [-0.1, -0.05) is 170 Å². The van der Waals surface area contributed by atoms with Crippen LogP contribution in [0.15, 0.2) is 212 Å². The van der Waals surface area contributed by atoms with Crippen molar-refractivity contribution in [3.63, 3.8) is 0 Å². The second-order valence-corrected chi connectivity index (χ2v) is 14.8. The highest BCUT2D eigenvalue weighted by Crippen LogP contribution is 2.44. The summed E-state index contributed by atoms with van der Waals surface area (Å²) >= 11 is 1.86. The number of fused-ring (bicyclic) bond motifs is 4. The standard InChI is InChI=1S/C52H35NS/c1-2-13-36(14-3-1)37-25-30-41(31-26-37)53(50-23-10-8-19-45(50)40-29-34-49-48-21-9-11-24-51(48)54-52(49)35-40)42-32-27-39(28-33-42)44-18-6-7-20-46(44)47-22-12-16-38-15-4-5-17-43(38)47/h1-35H. The minimum absolute atomic E-state index is 1.10. The Bertz CT molecular complexity index is 2920. The predicted octanol–water partition coefficient (Wildman–Crippen LogP) is 15.3. The fourth-order valence-corrected chi connectivity index (χ4v) is 9.03.